The summed E-state index contributed by atoms with van der Waals surface area (Å²) in [6, 6.07) is 15.9. The summed E-state index contributed by atoms with van der Waals surface area (Å²) in [5, 5.41) is 16.0. The quantitative estimate of drug-likeness (QED) is 0.420. The van der Waals surface area contributed by atoms with Crippen molar-refractivity contribution >= 4 is 17.6 Å². The van der Waals surface area contributed by atoms with Crippen LogP contribution in [0.25, 0.3) is 11.1 Å². The van der Waals surface area contributed by atoms with Crippen LogP contribution in [0.15, 0.2) is 73.1 Å². The molecule has 0 unspecified atom stereocenters. The van der Waals surface area contributed by atoms with Crippen molar-refractivity contribution in [2.45, 2.75) is 25.3 Å². The van der Waals surface area contributed by atoms with Gasteiger partial charge in [0, 0.05) is 29.7 Å². The third-order valence-corrected chi connectivity index (χ3v) is 5.86. The molecule has 7 heteroatoms. The van der Waals surface area contributed by atoms with Gasteiger partial charge in [0.1, 0.15) is 5.75 Å². The number of carbonyl (C=O) groups is 1. The van der Waals surface area contributed by atoms with E-state index in [0.717, 1.165) is 42.0 Å². The minimum absolute atomic E-state index is 0.00789. The number of hydrogen-bond donors (Lipinski definition) is 3. The SMILES string of the molecule is COc1ccc(-c2cnc(Nc3ccc(CCN[C@H]4CC=CC[C@H]4C(=O)O)cc3)nc2)cc1. The Balaban J connectivity index is 1.28. The fourth-order valence-electron chi connectivity index (χ4n) is 3.92. The Morgan fingerprint density at radius 2 is 1.70 bits per heavy atom. The maximum absolute atomic E-state index is 11.4. The maximum atomic E-state index is 11.4. The molecule has 7 nitrogen and oxygen atoms in total. The van der Waals surface area contributed by atoms with Crippen molar-refractivity contribution in [1.82, 2.24) is 15.3 Å². The standard InChI is InChI=1S/C26H28N4O3/c1-33-22-12-8-19(9-13-22)20-16-28-26(29-17-20)30-21-10-6-18(7-11-21)14-15-27-24-5-3-2-4-23(24)25(31)32/h2-3,6-13,16-17,23-24,27H,4-5,14-15H2,1H3,(H,31,32)(H,28,29,30)/t23-,24+/m1/s1. The normalized spacial score (nSPS) is 17.5. The van der Waals surface area contributed by atoms with E-state index in [1.54, 1.807) is 19.5 Å². The number of aromatic nitrogens is 2. The van der Waals surface area contributed by atoms with Crippen LogP contribution in [0, 0.1) is 5.92 Å². The van der Waals surface area contributed by atoms with Gasteiger partial charge in [-0.3, -0.25) is 4.79 Å². The molecule has 2 aromatic carbocycles. The van der Waals surface area contributed by atoms with Gasteiger partial charge in [-0.05, 0) is 61.2 Å². The van der Waals surface area contributed by atoms with Crippen LogP contribution >= 0.6 is 0 Å². The average molecular weight is 445 g/mol. The predicted octanol–water partition coefficient (Wildman–Crippen LogP) is 4.45. The summed E-state index contributed by atoms with van der Waals surface area (Å²) in [4.78, 5) is 20.2. The third-order valence-electron chi connectivity index (χ3n) is 5.86. The molecule has 0 amide bonds. The Bertz CT molecular complexity index is 1080. The van der Waals surface area contributed by atoms with E-state index in [2.05, 4.69) is 38.8 Å². The second-order valence-electron chi connectivity index (χ2n) is 8.04. The van der Waals surface area contributed by atoms with Crippen molar-refractivity contribution in [3.05, 3.63) is 78.6 Å². The molecule has 4 rings (SSSR count). The van der Waals surface area contributed by atoms with E-state index >= 15 is 0 Å². The second kappa shape index (κ2) is 10.7. The molecule has 0 saturated heterocycles. The molecule has 0 bridgehead atoms. The van der Waals surface area contributed by atoms with Gasteiger partial charge in [0.25, 0.3) is 0 Å². The zero-order valence-corrected chi connectivity index (χ0v) is 18.6. The number of aliphatic carboxylic acids is 1. The number of allylic oxidation sites excluding steroid dienone is 1. The van der Waals surface area contributed by atoms with E-state index in [1.165, 1.54) is 5.56 Å². The van der Waals surface area contributed by atoms with Gasteiger partial charge in [-0.25, -0.2) is 9.97 Å². The summed E-state index contributed by atoms with van der Waals surface area (Å²) in [5.41, 5.74) is 4.05. The first-order valence-electron chi connectivity index (χ1n) is 11.1. The van der Waals surface area contributed by atoms with E-state index in [9.17, 15) is 9.90 Å². The van der Waals surface area contributed by atoms with E-state index < -0.39 is 5.97 Å². The molecule has 0 radical (unpaired) electrons. The van der Waals surface area contributed by atoms with Crippen LogP contribution in [-0.4, -0.2) is 40.7 Å². The first-order valence-corrected chi connectivity index (χ1v) is 11.1. The summed E-state index contributed by atoms with van der Waals surface area (Å²) in [5.74, 6) is 0.267. The number of rotatable bonds is 9. The molecule has 1 heterocycles. The van der Waals surface area contributed by atoms with Crippen LogP contribution in [0.3, 0.4) is 0 Å². The number of anilines is 2. The molecule has 0 fully saturated rings. The van der Waals surface area contributed by atoms with Gasteiger partial charge < -0.3 is 20.5 Å². The van der Waals surface area contributed by atoms with Crippen molar-refractivity contribution in [3.63, 3.8) is 0 Å². The molecule has 2 atom stereocenters. The van der Waals surface area contributed by atoms with Gasteiger partial charge in [0.05, 0.1) is 13.0 Å². The highest BCUT2D eigenvalue weighted by atomic mass is 16.5. The number of carboxylic acids is 1. The first kappa shape index (κ1) is 22.5. The van der Waals surface area contributed by atoms with Crippen molar-refractivity contribution in [1.29, 1.82) is 0 Å². The zero-order chi connectivity index (χ0) is 23.0. The van der Waals surface area contributed by atoms with E-state index in [1.807, 2.05) is 42.5 Å². The Hall–Kier alpha value is -3.71. The maximum Gasteiger partial charge on any atom is 0.308 e. The molecule has 170 valence electrons. The largest absolute Gasteiger partial charge is 0.497 e. The number of hydrogen-bond acceptors (Lipinski definition) is 6. The number of benzene rings is 2. The summed E-state index contributed by atoms with van der Waals surface area (Å²) in [6.07, 6.45) is 9.79. The predicted molar refractivity (Wildman–Crippen MR) is 129 cm³/mol. The Labute approximate surface area is 193 Å². The van der Waals surface area contributed by atoms with Crippen molar-refractivity contribution < 1.29 is 14.6 Å². The first-order chi connectivity index (χ1) is 16.1. The van der Waals surface area contributed by atoms with E-state index in [-0.39, 0.29) is 12.0 Å². The lowest BCUT2D eigenvalue weighted by Gasteiger charge is -2.26. The van der Waals surface area contributed by atoms with Crippen LogP contribution in [-0.2, 0) is 11.2 Å². The summed E-state index contributed by atoms with van der Waals surface area (Å²) in [6.45, 7) is 0.741. The van der Waals surface area contributed by atoms with E-state index in [4.69, 9.17) is 4.74 Å². The van der Waals surface area contributed by atoms with Crippen molar-refractivity contribution in [2.75, 3.05) is 19.0 Å². The van der Waals surface area contributed by atoms with Crippen LogP contribution in [0.5, 0.6) is 5.75 Å². The van der Waals surface area contributed by atoms with Crippen LogP contribution in [0.1, 0.15) is 18.4 Å². The number of methoxy groups -OCH3 is 1. The minimum atomic E-state index is -0.730. The smallest absolute Gasteiger partial charge is 0.308 e. The summed E-state index contributed by atoms with van der Waals surface area (Å²) >= 11 is 0. The lowest BCUT2D eigenvalue weighted by atomic mass is 9.89. The Morgan fingerprint density at radius 1 is 1.00 bits per heavy atom. The number of nitrogens with one attached hydrogen (secondary N) is 2. The molecule has 3 aromatic rings. The molecule has 1 aromatic heterocycles. The number of ether oxygens (including phenoxy) is 1. The Kier molecular flexibility index (Phi) is 7.32. The summed E-state index contributed by atoms with van der Waals surface area (Å²) < 4.78 is 5.19. The van der Waals surface area contributed by atoms with Gasteiger partial charge in [0.15, 0.2) is 0 Å². The highest BCUT2D eigenvalue weighted by Crippen LogP contribution is 2.23. The second-order valence-corrected chi connectivity index (χ2v) is 8.04. The number of carboxylic acid groups (broad SMARTS) is 1. The van der Waals surface area contributed by atoms with Crippen LogP contribution in [0.2, 0.25) is 0 Å². The van der Waals surface area contributed by atoms with Gasteiger partial charge in [-0.2, -0.15) is 0 Å². The fraction of sp³-hybridized carbons (Fsp3) is 0.269. The van der Waals surface area contributed by atoms with E-state index in [0.29, 0.717) is 12.4 Å². The third kappa shape index (κ3) is 5.96. The molecule has 33 heavy (non-hydrogen) atoms. The summed E-state index contributed by atoms with van der Waals surface area (Å²) in [7, 11) is 1.65. The zero-order valence-electron chi connectivity index (χ0n) is 18.6. The Morgan fingerprint density at radius 3 is 2.36 bits per heavy atom. The lowest BCUT2D eigenvalue weighted by molar-refractivity contribution is -0.142. The van der Waals surface area contributed by atoms with Crippen LogP contribution in [0.4, 0.5) is 11.6 Å². The van der Waals surface area contributed by atoms with Gasteiger partial charge in [-0.1, -0.05) is 36.4 Å². The molecule has 3 N–H and O–H groups in total. The topological polar surface area (TPSA) is 96.4 Å². The van der Waals surface area contributed by atoms with Crippen molar-refractivity contribution in [2.24, 2.45) is 5.92 Å². The lowest BCUT2D eigenvalue weighted by Crippen LogP contribution is -2.41. The molecule has 1 aliphatic rings. The molecule has 0 spiro atoms. The number of nitrogens with zero attached hydrogens (tertiary/aromatic N) is 2. The molecular formula is C26H28N4O3. The van der Waals surface area contributed by atoms with Crippen LogP contribution < -0.4 is 15.4 Å². The monoisotopic (exact) mass is 444 g/mol. The van der Waals surface area contributed by atoms with Gasteiger partial charge in [-0.15, -0.1) is 0 Å². The van der Waals surface area contributed by atoms with Gasteiger partial charge in [0.2, 0.25) is 5.95 Å². The highest BCUT2D eigenvalue weighted by molar-refractivity contribution is 5.71. The highest BCUT2D eigenvalue weighted by Gasteiger charge is 2.27. The molecule has 1 aliphatic carbocycles. The minimum Gasteiger partial charge on any atom is -0.497 e. The average Bonchev–Trinajstić information content (AvgIpc) is 2.86. The molecular weight excluding hydrogens is 416 g/mol. The molecule has 0 saturated carbocycles. The fourth-order valence-corrected chi connectivity index (χ4v) is 3.92. The molecule has 0 aliphatic heterocycles. The van der Waals surface area contributed by atoms with Gasteiger partial charge >= 0.3 is 5.97 Å². The van der Waals surface area contributed by atoms with Crippen molar-refractivity contribution in [3.8, 4) is 16.9 Å².